The Hall–Kier alpha value is -3.31. The van der Waals surface area contributed by atoms with E-state index in [0.29, 0.717) is 39.9 Å². The van der Waals surface area contributed by atoms with Gasteiger partial charge in [-0.05, 0) is 55.5 Å². The molecule has 3 aromatic carbocycles. The first-order valence-electron chi connectivity index (χ1n) is 8.76. The molecule has 1 heterocycles. The summed E-state index contributed by atoms with van der Waals surface area (Å²) in [6.45, 7) is 2.36. The molecule has 0 aromatic heterocycles. The van der Waals surface area contributed by atoms with E-state index in [2.05, 4.69) is 10.6 Å². The first kappa shape index (κ1) is 18.1. The predicted octanol–water partition coefficient (Wildman–Crippen LogP) is 4.94. The molecule has 0 unspecified atom stereocenters. The van der Waals surface area contributed by atoms with Crippen molar-refractivity contribution in [1.29, 1.82) is 0 Å². The average Bonchev–Trinajstić information content (AvgIpc) is 2.68. The lowest BCUT2D eigenvalue weighted by molar-refractivity contribution is 0.0944. The number of hydrogen-bond acceptors (Lipinski definition) is 3. The van der Waals surface area contributed by atoms with Crippen LogP contribution in [0.4, 0.5) is 5.69 Å². The van der Waals surface area contributed by atoms with Crippen LogP contribution < -0.4 is 15.4 Å². The molecule has 2 N–H and O–H groups in total. The average molecular weight is 393 g/mol. The third-order valence-corrected chi connectivity index (χ3v) is 4.72. The summed E-state index contributed by atoms with van der Waals surface area (Å²) in [5, 5.41) is 6.25. The Bertz CT molecular complexity index is 1080. The summed E-state index contributed by atoms with van der Waals surface area (Å²) in [5.41, 5.74) is 3.35. The Morgan fingerprint density at radius 2 is 1.79 bits per heavy atom. The number of ether oxygens (including phenoxy) is 1. The van der Waals surface area contributed by atoms with Crippen LogP contribution in [0.1, 0.15) is 31.8 Å². The lowest BCUT2D eigenvalue weighted by atomic mass is 10.1. The molecule has 140 valence electrons. The van der Waals surface area contributed by atoms with E-state index in [4.69, 9.17) is 16.3 Å². The van der Waals surface area contributed by atoms with E-state index in [0.717, 1.165) is 11.1 Å². The standard InChI is InChI=1S/C22H17ClN2O3/c1-13-2-8-19-15(10-13)12-24-22(27)18-11-17(7-9-20(18)28-19)25-21(26)14-3-5-16(23)6-4-14/h2-11H,12H2,1H3,(H,24,27)(H,25,26). The third kappa shape index (κ3) is 3.70. The fraction of sp³-hybridized carbons (Fsp3) is 0.0909. The number of carbonyl (C=O) groups is 2. The summed E-state index contributed by atoms with van der Waals surface area (Å²) in [7, 11) is 0. The lowest BCUT2D eigenvalue weighted by Gasteiger charge is -2.19. The predicted molar refractivity (Wildman–Crippen MR) is 108 cm³/mol. The van der Waals surface area contributed by atoms with Crippen LogP contribution in [0.3, 0.4) is 0 Å². The van der Waals surface area contributed by atoms with Crippen molar-refractivity contribution in [3.8, 4) is 11.5 Å². The van der Waals surface area contributed by atoms with Gasteiger partial charge in [0.2, 0.25) is 0 Å². The van der Waals surface area contributed by atoms with Crippen LogP contribution in [0.25, 0.3) is 0 Å². The maximum atomic E-state index is 12.6. The summed E-state index contributed by atoms with van der Waals surface area (Å²) in [6, 6.07) is 17.4. The first-order chi connectivity index (χ1) is 13.5. The molecule has 0 fully saturated rings. The zero-order valence-corrected chi connectivity index (χ0v) is 15.8. The van der Waals surface area contributed by atoms with Crippen molar-refractivity contribution in [3.63, 3.8) is 0 Å². The number of rotatable bonds is 2. The van der Waals surface area contributed by atoms with Crippen LogP contribution in [-0.2, 0) is 6.54 Å². The Morgan fingerprint density at radius 1 is 1.04 bits per heavy atom. The highest BCUT2D eigenvalue weighted by atomic mass is 35.5. The molecule has 0 saturated carbocycles. The van der Waals surface area contributed by atoms with Gasteiger partial charge in [0.25, 0.3) is 11.8 Å². The lowest BCUT2D eigenvalue weighted by Crippen LogP contribution is -2.25. The van der Waals surface area contributed by atoms with Gasteiger partial charge in [-0.3, -0.25) is 9.59 Å². The molecule has 0 saturated heterocycles. The van der Waals surface area contributed by atoms with Gasteiger partial charge in [0.05, 0.1) is 5.56 Å². The molecular weight excluding hydrogens is 376 g/mol. The van der Waals surface area contributed by atoms with Crippen molar-refractivity contribution in [2.75, 3.05) is 5.32 Å². The molecule has 5 nitrogen and oxygen atoms in total. The number of nitrogens with one attached hydrogen (secondary N) is 2. The van der Waals surface area contributed by atoms with E-state index in [9.17, 15) is 9.59 Å². The number of anilines is 1. The van der Waals surface area contributed by atoms with Gasteiger partial charge in [-0.2, -0.15) is 0 Å². The highest BCUT2D eigenvalue weighted by molar-refractivity contribution is 6.30. The first-order valence-corrected chi connectivity index (χ1v) is 9.14. The molecule has 3 aromatic rings. The molecule has 0 spiro atoms. The van der Waals surface area contributed by atoms with Gasteiger partial charge in [0.15, 0.2) is 0 Å². The number of halogens is 1. The molecule has 6 heteroatoms. The molecule has 0 radical (unpaired) electrons. The van der Waals surface area contributed by atoms with Gasteiger partial charge in [-0.15, -0.1) is 0 Å². The Labute approximate surface area is 167 Å². The molecule has 0 atom stereocenters. The number of hydrogen-bond donors (Lipinski definition) is 2. The van der Waals surface area contributed by atoms with Crippen molar-refractivity contribution in [2.24, 2.45) is 0 Å². The minimum absolute atomic E-state index is 0.259. The normalized spacial score (nSPS) is 12.6. The van der Waals surface area contributed by atoms with Crippen molar-refractivity contribution in [1.82, 2.24) is 5.32 Å². The van der Waals surface area contributed by atoms with Gasteiger partial charge >= 0.3 is 0 Å². The number of benzene rings is 3. The van der Waals surface area contributed by atoms with E-state index in [1.54, 1.807) is 42.5 Å². The summed E-state index contributed by atoms with van der Waals surface area (Å²) >= 11 is 5.86. The summed E-state index contributed by atoms with van der Waals surface area (Å²) in [5.74, 6) is 0.589. The molecule has 1 aliphatic heterocycles. The van der Waals surface area contributed by atoms with Crippen molar-refractivity contribution in [2.45, 2.75) is 13.5 Å². The maximum Gasteiger partial charge on any atom is 0.255 e. The van der Waals surface area contributed by atoms with E-state index in [1.165, 1.54) is 0 Å². The monoisotopic (exact) mass is 392 g/mol. The summed E-state index contributed by atoms with van der Waals surface area (Å²) in [4.78, 5) is 25.0. The SMILES string of the molecule is Cc1ccc2c(c1)CNC(=O)c1cc(NC(=O)c3ccc(Cl)cc3)ccc1O2. The fourth-order valence-electron chi connectivity index (χ4n) is 3.01. The highest BCUT2D eigenvalue weighted by Crippen LogP contribution is 2.32. The number of amides is 2. The second-order valence-electron chi connectivity index (χ2n) is 6.57. The molecule has 2 amide bonds. The van der Waals surface area contributed by atoms with E-state index in [-0.39, 0.29) is 11.8 Å². The Kier molecular flexibility index (Phi) is 4.75. The van der Waals surface area contributed by atoms with Gasteiger partial charge in [0, 0.05) is 28.4 Å². The van der Waals surface area contributed by atoms with Crippen molar-refractivity contribution < 1.29 is 14.3 Å². The maximum absolute atomic E-state index is 12.6. The van der Waals surface area contributed by atoms with Gasteiger partial charge in [-0.1, -0.05) is 29.3 Å². The van der Waals surface area contributed by atoms with Crippen molar-refractivity contribution in [3.05, 3.63) is 87.9 Å². The second-order valence-corrected chi connectivity index (χ2v) is 7.00. The summed E-state index contributed by atoms with van der Waals surface area (Å²) in [6.07, 6.45) is 0. The van der Waals surface area contributed by atoms with Crippen molar-refractivity contribution >= 4 is 29.1 Å². The number of aryl methyl sites for hydroxylation is 1. The van der Waals surface area contributed by atoms with Crippen LogP contribution in [0.15, 0.2) is 60.7 Å². The number of fused-ring (bicyclic) bond motifs is 2. The van der Waals surface area contributed by atoms with Gasteiger partial charge in [-0.25, -0.2) is 0 Å². The van der Waals surface area contributed by atoms with Crippen LogP contribution in [-0.4, -0.2) is 11.8 Å². The molecule has 1 aliphatic rings. The summed E-state index contributed by atoms with van der Waals surface area (Å²) < 4.78 is 5.98. The smallest absolute Gasteiger partial charge is 0.255 e. The van der Waals surface area contributed by atoms with Gasteiger partial charge in [0.1, 0.15) is 11.5 Å². The zero-order chi connectivity index (χ0) is 19.7. The quantitative estimate of drug-likeness (QED) is 0.649. The second kappa shape index (κ2) is 7.37. The Balaban J connectivity index is 1.62. The topological polar surface area (TPSA) is 67.4 Å². The fourth-order valence-corrected chi connectivity index (χ4v) is 3.14. The van der Waals surface area contributed by atoms with Gasteiger partial charge < -0.3 is 15.4 Å². The molecule has 28 heavy (non-hydrogen) atoms. The molecule has 4 rings (SSSR count). The number of carbonyl (C=O) groups excluding carboxylic acids is 2. The largest absolute Gasteiger partial charge is 0.456 e. The minimum Gasteiger partial charge on any atom is -0.456 e. The van der Waals surface area contributed by atoms with E-state index >= 15 is 0 Å². The minimum atomic E-state index is -0.287. The van der Waals surface area contributed by atoms with E-state index < -0.39 is 0 Å². The van der Waals surface area contributed by atoms with Crippen LogP contribution in [0.5, 0.6) is 11.5 Å². The van der Waals surface area contributed by atoms with Crippen LogP contribution in [0, 0.1) is 6.92 Å². The van der Waals surface area contributed by atoms with Crippen LogP contribution in [0.2, 0.25) is 5.02 Å². The Morgan fingerprint density at radius 3 is 2.57 bits per heavy atom. The van der Waals surface area contributed by atoms with Crippen LogP contribution >= 0.6 is 11.6 Å². The highest BCUT2D eigenvalue weighted by Gasteiger charge is 2.20. The van der Waals surface area contributed by atoms with E-state index in [1.807, 2.05) is 25.1 Å². The zero-order valence-electron chi connectivity index (χ0n) is 15.1. The molecule has 0 bridgehead atoms. The third-order valence-electron chi connectivity index (χ3n) is 4.46. The molecule has 0 aliphatic carbocycles. The molecular formula is C22H17ClN2O3.